The van der Waals surface area contributed by atoms with Crippen molar-refractivity contribution in [2.45, 2.75) is 13.8 Å². The van der Waals surface area contributed by atoms with Crippen molar-refractivity contribution in [3.63, 3.8) is 0 Å². The normalized spacial score (nSPS) is 9.58. The predicted octanol–water partition coefficient (Wildman–Crippen LogP) is 1.48. The molecule has 100 valence electrons. The summed E-state index contributed by atoms with van der Waals surface area (Å²) in [6.07, 6.45) is 0. The number of hydrogen-bond donors (Lipinski definition) is 0. The van der Waals surface area contributed by atoms with Crippen LogP contribution in [0.5, 0.6) is 0 Å². The molecule has 0 aliphatic carbocycles. The fourth-order valence-electron chi connectivity index (χ4n) is 1.63. The van der Waals surface area contributed by atoms with E-state index in [0.29, 0.717) is 18.7 Å². The highest BCUT2D eigenvalue weighted by molar-refractivity contribution is 6.42. The monoisotopic (exact) mass is 262 g/mol. The molecule has 0 heterocycles. The second kappa shape index (κ2) is 6.42. The smallest absolute Gasteiger partial charge is 0.361 e. The van der Waals surface area contributed by atoms with Crippen LogP contribution in [0.25, 0.3) is 5.53 Å². The zero-order chi connectivity index (χ0) is 14.4. The first-order valence-corrected chi connectivity index (χ1v) is 5.81. The Bertz CT molecular complexity index is 528. The minimum absolute atomic E-state index is 0.0867. The van der Waals surface area contributed by atoms with Crippen molar-refractivity contribution in [2.24, 2.45) is 0 Å². The molecule has 0 saturated carbocycles. The molecule has 0 aliphatic rings. The Morgan fingerprint density at radius 2 is 1.84 bits per heavy atom. The van der Waals surface area contributed by atoms with E-state index in [9.17, 15) is 14.9 Å². The minimum Gasteiger partial charge on any atom is -0.361 e. The van der Waals surface area contributed by atoms with Crippen molar-refractivity contribution >= 4 is 17.3 Å². The quantitative estimate of drug-likeness (QED) is 0.264. The van der Waals surface area contributed by atoms with Gasteiger partial charge in [-0.3, -0.25) is 14.9 Å². The molecule has 1 amide bonds. The van der Waals surface area contributed by atoms with Gasteiger partial charge >= 0.3 is 11.6 Å². The molecule has 19 heavy (non-hydrogen) atoms. The minimum atomic E-state index is -0.536. The van der Waals surface area contributed by atoms with Crippen LogP contribution in [0.3, 0.4) is 0 Å². The van der Waals surface area contributed by atoms with Crippen molar-refractivity contribution in [3.8, 4) is 0 Å². The maximum atomic E-state index is 12.1. The van der Waals surface area contributed by atoms with Gasteiger partial charge in [0.1, 0.15) is 0 Å². The highest BCUT2D eigenvalue weighted by Gasteiger charge is 2.27. The lowest BCUT2D eigenvalue weighted by Gasteiger charge is -2.15. The van der Waals surface area contributed by atoms with Crippen LogP contribution in [-0.2, 0) is 4.79 Å². The van der Waals surface area contributed by atoms with Gasteiger partial charge in [-0.25, -0.2) is 0 Å². The molecule has 0 bridgehead atoms. The first-order valence-electron chi connectivity index (χ1n) is 5.81. The number of nitro benzene ring substituents is 1. The van der Waals surface area contributed by atoms with E-state index in [1.54, 1.807) is 0 Å². The molecule has 0 radical (unpaired) electrons. The van der Waals surface area contributed by atoms with E-state index < -0.39 is 10.8 Å². The van der Waals surface area contributed by atoms with Crippen molar-refractivity contribution in [1.29, 1.82) is 0 Å². The van der Waals surface area contributed by atoms with Crippen LogP contribution in [0.1, 0.15) is 19.4 Å². The van der Waals surface area contributed by atoms with E-state index in [1.165, 1.54) is 29.2 Å². The van der Waals surface area contributed by atoms with Gasteiger partial charge in [0.2, 0.25) is 0 Å². The molecule has 1 aromatic carbocycles. The van der Waals surface area contributed by atoms with Gasteiger partial charge < -0.3 is 10.4 Å². The summed E-state index contributed by atoms with van der Waals surface area (Å²) in [6, 6.07) is 5.29. The van der Waals surface area contributed by atoms with Gasteiger partial charge in [-0.15, -0.1) is 0 Å². The van der Waals surface area contributed by atoms with Crippen molar-refractivity contribution in [1.82, 2.24) is 4.90 Å². The highest BCUT2D eigenvalue weighted by Crippen LogP contribution is 2.12. The standard InChI is InChI=1S/C12H14N4O3/c1-3-15(4-2)12(17)11(14-13)9-5-7-10(8-6-9)16(18)19/h5-8H,3-4H2,1-2H3. The summed E-state index contributed by atoms with van der Waals surface area (Å²) in [5.74, 6) is -0.415. The number of amides is 1. The summed E-state index contributed by atoms with van der Waals surface area (Å²) >= 11 is 0. The van der Waals surface area contributed by atoms with E-state index in [1.807, 2.05) is 13.8 Å². The number of carbonyl (C=O) groups is 1. The van der Waals surface area contributed by atoms with Crippen LogP contribution in [0.15, 0.2) is 24.3 Å². The zero-order valence-electron chi connectivity index (χ0n) is 10.7. The summed E-state index contributed by atoms with van der Waals surface area (Å²) < 4.78 is 0. The third kappa shape index (κ3) is 3.23. The van der Waals surface area contributed by atoms with Crippen LogP contribution in [-0.4, -0.2) is 39.3 Å². The van der Waals surface area contributed by atoms with E-state index in [0.717, 1.165) is 0 Å². The Labute approximate surface area is 110 Å². The number of hydrogen-bond acceptors (Lipinski definition) is 3. The molecule has 0 spiro atoms. The first-order chi connectivity index (χ1) is 9.04. The molecule has 0 N–H and O–H groups in total. The van der Waals surface area contributed by atoms with Crippen LogP contribution < -0.4 is 0 Å². The van der Waals surface area contributed by atoms with Crippen LogP contribution in [0.2, 0.25) is 0 Å². The zero-order valence-corrected chi connectivity index (χ0v) is 10.7. The maximum Gasteiger partial charge on any atom is 0.386 e. The Morgan fingerprint density at radius 1 is 1.32 bits per heavy atom. The Morgan fingerprint density at radius 3 is 2.21 bits per heavy atom. The molecule has 0 aliphatic heterocycles. The lowest BCUT2D eigenvalue weighted by Crippen LogP contribution is -2.37. The molecule has 1 rings (SSSR count). The second-order valence-corrected chi connectivity index (χ2v) is 3.73. The molecule has 0 aromatic heterocycles. The van der Waals surface area contributed by atoms with E-state index in [-0.39, 0.29) is 11.4 Å². The summed E-state index contributed by atoms with van der Waals surface area (Å²) in [6.45, 7) is 4.60. The van der Waals surface area contributed by atoms with E-state index in [4.69, 9.17) is 5.53 Å². The average molecular weight is 262 g/mol. The Hall–Kier alpha value is -2.53. The molecular formula is C12H14N4O3. The number of likely N-dealkylation sites (N-methyl/N-ethyl adjacent to an activating group) is 1. The number of benzene rings is 1. The summed E-state index contributed by atoms with van der Waals surface area (Å²) in [7, 11) is 0. The molecule has 0 unspecified atom stereocenters. The molecule has 1 aromatic rings. The summed E-state index contributed by atoms with van der Waals surface area (Å²) in [5, 5.41) is 10.5. The number of rotatable bonds is 5. The fraction of sp³-hybridized carbons (Fsp3) is 0.333. The van der Waals surface area contributed by atoms with Crippen molar-refractivity contribution < 1.29 is 14.5 Å². The summed E-state index contributed by atoms with van der Waals surface area (Å²) in [5.41, 5.74) is 9.10. The second-order valence-electron chi connectivity index (χ2n) is 3.73. The molecular weight excluding hydrogens is 248 g/mol. The van der Waals surface area contributed by atoms with Gasteiger partial charge in [-0.2, -0.15) is 4.79 Å². The predicted molar refractivity (Wildman–Crippen MR) is 68.8 cm³/mol. The molecule has 7 heteroatoms. The Kier molecular flexibility index (Phi) is 4.91. The maximum absolute atomic E-state index is 12.1. The lowest BCUT2D eigenvalue weighted by molar-refractivity contribution is -0.384. The number of nitrogens with zero attached hydrogens (tertiary/aromatic N) is 4. The average Bonchev–Trinajstić information content (AvgIpc) is 2.41. The lowest BCUT2D eigenvalue weighted by atomic mass is 10.1. The van der Waals surface area contributed by atoms with E-state index >= 15 is 0 Å². The Balaban J connectivity index is 3.08. The van der Waals surface area contributed by atoms with Gasteiger partial charge in [0.15, 0.2) is 0 Å². The summed E-state index contributed by atoms with van der Waals surface area (Å²) in [4.78, 5) is 26.6. The fourth-order valence-corrected chi connectivity index (χ4v) is 1.63. The number of non-ortho nitro benzene ring substituents is 1. The van der Waals surface area contributed by atoms with Crippen LogP contribution in [0.4, 0.5) is 5.69 Å². The number of carbonyl (C=O) groups excluding carboxylic acids is 1. The third-order valence-electron chi connectivity index (χ3n) is 2.70. The third-order valence-corrected chi connectivity index (χ3v) is 2.70. The topological polar surface area (TPSA) is 99.9 Å². The van der Waals surface area contributed by atoms with Gasteiger partial charge in [-0.1, -0.05) is 0 Å². The first kappa shape index (κ1) is 14.5. The van der Waals surface area contributed by atoms with Crippen molar-refractivity contribution in [2.75, 3.05) is 13.1 Å². The molecule has 0 fully saturated rings. The van der Waals surface area contributed by atoms with Gasteiger partial charge in [0.25, 0.3) is 5.69 Å². The molecule has 0 saturated heterocycles. The van der Waals surface area contributed by atoms with Crippen LogP contribution >= 0.6 is 0 Å². The van der Waals surface area contributed by atoms with E-state index in [2.05, 4.69) is 4.79 Å². The van der Waals surface area contributed by atoms with Gasteiger partial charge in [0, 0.05) is 25.2 Å². The van der Waals surface area contributed by atoms with Gasteiger partial charge in [-0.05, 0) is 26.0 Å². The largest absolute Gasteiger partial charge is 0.386 e. The van der Waals surface area contributed by atoms with Crippen LogP contribution in [0, 0.1) is 10.1 Å². The molecule has 7 nitrogen and oxygen atoms in total. The SMILES string of the molecule is CCN(CC)C(=O)C(=[N+]=[N-])c1ccc([N+](=O)[O-])cc1. The van der Waals surface area contributed by atoms with Crippen molar-refractivity contribution in [3.05, 3.63) is 45.5 Å². The molecule has 0 atom stereocenters. The van der Waals surface area contributed by atoms with Gasteiger partial charge in [0.05, 0.1) is 10.5 Å². The highest BCUT2D eigenvalue weighted by atomic mass is 16.6. The number of nitro groups is 1.